The normalized spacial score (nSPS) is 10.9. The quantitative estimate of drug-likeness (QED) is 0.641. The number of sulfonamides is 1. The zero-order valence-corrected chi connectivity index (χ0v) is 14.5. The van der Waals surface area contributed by atoms with Crippen molar-refractivity contribution in [3.63, 3.8) is 0 Å². The number of benzene rings is 1. The molecular weight excluding hydrogens is 368 g/mol. The number of carbonyl (C=O) groups is 2. The minimum atomic E-state index is -3.73. The van der Waals surface area contributed by atoms with E-state index in [4.69, 9.17) is 11.6 Å². The largest absolute Gasteiger partial charge is 0.288 e. The first kappa shape index (κ1) is 18.8. The van der Waals surface area contributed by atoms with Crippen molar-refractivity contribution in [2.75, 3.05) is 6.54 Å². The van der Waals surface area contributed by atoms with Gasteiger partial charge in [-0.3, -0.25) is 25.4 Å². The van der Waals surface area contributed by atoms with Gasteiger partial charge in [0.1, 0.15) is 5.69 Å². The minimum absolute atomic E-state index is 0.0424. The van der Waals surface area contributed by atoms with E-state index in [1.165, 1.54) is 36.5 Å². The Kier molecular flexibility index (Phi) is 6.45. The van der Waals surface area contributed by atoms with E-state index in [1.807, 2.05) is 0 Å². The van der Waals surface area contributed by atoms with E-state index in [2.05, 4.69) is 20.6 Å². The predicted octanol–water partition coefficient (Wildman–Crippen LogP) is 0.865. The van der Waals surface area contributed by atoms with E-state index < -0.39 is 21.8 Å². The Morgan fingerprint density at radius 1 is 1.04 bits per heavy atom. The monoisotopic (exact) mass is 382 g/mol. The lowest BCUT2D eigenvalue weighted by atomic mass is 10.3. The molecule has 1 heterocycles. The summed E-state index contributed by atoms with van der Waals surface area (Å²) < 4.78 is 26.3. The van der Waals surface area contributed by atoms with Crippen LogP contribution in [0.3, 0.4) is 0 Å². The summed E-state index contributed by atoms with van der Waals surface area (Å²) in [5.41, 5.74) is 4.52. The lowest BCUT2D eigenvalue weighted by Gasteiger charge is -2.08. The van der Waals surface area contributed by atoms with Gasteiger partial charge < -0.3 is 0 Å². The molecule has 0 aliphatic heterocycles. The van der Waals surface area contributed by atoms with Gasteiger partial charge in [0.15, 0.2) is 0 Å². The molecular formula is C15H15ClN4O4S. The molecule has 0 aliphatic rings. The van der Waals surface area contributed by atoms with Crippen molar-refractivity contribution in [1.82, 2.24) is 20.6 Å². The summed E-state index contributed by atoms with van der Waals surface area (Å²) >= 11 is 5.71. The molecule has 3 N–H and O–H groups in total. The Morgan fingerprint density at radius 3 is 2.40 bits per heavy atom. The number of carbonyl (C=O) groups excluding carboxylic acids is 2. The second-order valence-electron chi connectivity index (χ2n) is 4.82. The zero-order chi connectivity index (χ0) is 18.3. The van der Waals surface area contributed by atoms with Crippen molar-refractivity contribution >= 4 is 33.4 Å². The van der Waals surface area contributed by atoms with Gasteiger partial charge in [-0.15, -0.1) is 0 Å². The molecule has 1 aromatic heterocycles. The molecule has 0 saturated carbocycles. The van der Waals surface area contributed by atoms with Crippen LogP contribution in [0.15, 0.2) is 53.6 Å². The molecule has 0 saturated heterocycles. The number of amides is 2. The molecule has 0 fully saturated rings. The van der Waals surface area contributed by atoms with Crippen molar-refractivity contribution in [2.45, 2.75) is 11.3 Å². The fraction of sp³-hybridized carbons (Fsp3) is 0.133. The maximum absolute atomic E-state index is 12.0. The number of hydrogen-bond acceptors (Lipinski definition) is 5. The van der Waals surface area contributed by atoms with Gasteiger partial charge >= 0.3 is 0 Å². The second-order valence-corrected chi connectivity index (χ2v) is 7.02. The molecule has 0 bridgehead atoms. The minimum Gasteiger partial charge on any atom is -0.273 e. The number of nitrogens with zero attached hydrogens (tertiary/aromatic N) is 1. The molecule has 0 atom stereocenters. The number of pyridine rings is 1. The number of nitrogens with one attached hydrogen (secondary N) is 3. The highest BCUT2D eigenvalue weighted by Crippen LogP contribution is 2.13. The molecule has 2 aromatic rings. The van der Waals surface area contributed by atoms with E-state index in [-0.39, 0.29) is 23.6 Å². The molecule has 2 amide bonds. The number of rotatable bonds is 6. The zero-order valence-electron chi connectivity index (χ0n) is 12.9. The van der Waals surface area contributed by atoms with Crippen LogP contribution in [-0.2, 0) is 14.8 Å². The standard InChI is InChI=1S/C15H15ClN4O4S/c16-11-4-6-12(7-5-11)25(23,24)18-10-8-14(21)19-20-15(22)13-3-1-2-9-17-13/h1-7,9,18H,8,10H2,(H,19,21)(H,20,22). The molecule has 1 aromatic carbocycles. The van der Waals surface area contributed by atoms with E-state index in [0.717, 1.165) is 0 Å². The molecule has 132 valence electrons. The average molecular weight is 383 g/mol. The molecule has 2 rings (SSSR count). The number of halogens is 1. The molecule has 25 heavy (non-hydrogen) atoms. The highest BCUT2D eigenvalue weighted by atomic mass is 35.5. The van der Waals surface area contributed by atoms with Crippen LogP contribution in [0.25, 0.3) is 0 Å². The highest BCUT2D eigenvalue weighted by molar-refractivity contribution is 7.89. The van der Waals surface area contributed by atoms with Crippen LogP contribution < -0.4 is 15.6 Å². The number of aromatic nitrogens is 1. The summed E-state index contributed by atoms with van der Waals surface area (Å²) in [6.07, 6.45) is 1.29. The summed E-state index contributed by atoms with van der Waals surface area (Å²) in [6.45, 7) is -0.129. The maximum atomic E-state index is 12.0. The van der Waals surface area contributed by atoms with E-state index in [9.17, 15) is 18.0 Å². The van der Waals surface area contributed by atoms with Crippen LogP contribution in [-0.4, -0.2) is 31.8 Å². The molecule has 0 radical (unpaired) electrons. The van der Waals surface area contributed by atoms with E-state index in [0.29, 0.717) is 5.02 Å². The van der Waals surface area contributed by atoms with E-state index in [1.54, 1.807) is 12.1 Å². The first-order valence-corrected chi connectivity index (χ1v) is 9.00. The van der Waals surface area contributed by atoms with Gasteiger partial charge in [0.05, 0.1) is 4.90 Å². The van der Waals surface area contributed by atoms with Gasteiger partial charge in [0.2, 0.25) is 15.9 Å². The summed E-state index contributed by atoms with van der Waals surface area (Å²) in [4.78, 5) is 27.2. The molecule has 0 unspecified atom stereocenters. The Hall–Kier alpha value is -2.49. The van der Waals surface area contributed by atoms with Crippen molar-refractivity contribution in [3.8, 4) is 0 Å². The fourth-order valence-electron chi connectivity index (χ4n) is 1.75. The van der Waals surface area contributed by atoms with E-state index >= 15 is 0 Å². The maximum Gasteiger partial charge on any atom is 0.288 e. The summed E-state index contributed by atoms with van der Waals surface area (Å²) in [5, 5.41) is 0.418. The van der Waals surface area contributed by atoms with Crippen molar-refractivity contribution in [2.24, 2.45) is 0 Å². The van der Waals surface area contributed by atoms with Crippen LogP contribution in [0.4, 0.5) is 0 Å². The Morgan fingerprint density at radius 2 is 1.76 bits per heavy atom. The first-order valence-electron chi connectivity index (χ1n) is 7.14. The summed E-state index contributed by atoms with van der Waals surface area (Å²) in [6, 6.07) is 10.4. The van der Waals surface area contributed by atoms with Crippen LogP contribution in [0, 0.1) is 0 Å². The van der Waals surface area contributed by atoms with Gasteiger partial charge in [0, 0.05) is 24.2 Å². The molecule has 8 nitrogen and oxygen atoms in total. The van der Waals surface area contributed by atoms with Crippen molar-refractivity contribution in [1.29, 1.82) is 0 Å². The smallest absolute Gasteiger partial charge is 0.273 e. The van der Waals surface area contributed by atoms with Crippen LogP contribution in [0.5, 0.6) is 0 Å². The Balaban J connectivity index is 1.76. The average Bonchev–Trinajstić information content (AvgIpc) is 2.60. The van der Waals surface area contributed by atoms with Crippen molar-refractivity contribution in [3.05, 3.63) is 59.4 Å². The predicted molar refractivity (Wildman–Crippen MR) is 91.1 cm³/mol. The Bertz CT molecular complexity index is 842. The number of hydrazine groups is 1. The SMILES string of the molecule is O=C(CCNS(=O)(=O)c1ccc(Cl)cc1)NNC(=O)c1ccccn1. The Labute approximate surface area is 149 Å². The summed E-state index contributed by atoms with van der Waals surface area (Å²) in [5.74, 6) is -1.13. The molecule has 0 spiro atoms. The number of hydrogen-bond donors (Lipinski definition) is 3. The van der Waals surface area contributed by atoms with Gasteiger partial charge in [-0.05, 0) is 36.4 Å². The summed E-state index contributed by atoms with van der Waals surface area (Å²) in [7, 11) is -3.73. The van der Waals surface area contributed by atoms with Crippen molar-refractivity contribution < 1.29 is 18.0 Å². The van der Waals surface area contributed by atoms with Crippen LogP contribution in [0.2, 0.25) is 5.02 Å². The van der Waals surface area contributed by atoms with Gasteiger partial charge in [-0.2, -0.15) is 0 Å². The van der Waals surface area contributed by atoms with Gasteiger partial charge in [-0.25, -0.2) is 13.1 Å². The van der Waals surface area contributed by atoms with Gasteiger partial charge in [0.25, 0.3) is 5.91 Å². The third-order valence-electron chi connectivity index (χ3n) is 2.98. The third-order valence-corrected chi connectivity index (χ3v) is 4.71. The topological polar surface area (TPSA) is 117 Å². The highest BCUT2D eigenvalue weighted by Gasteiger charge is 2.14. The van der Waals surface area contributed by atoms with Crippen LogP contribution >= 0.6 is 11.6 Å². The fourth-order valence-corrected chi connectivity index (χ4v) is 2.90. The second kappa shape index (κ2) is 8.56. The molecule has 0 aliphatic carbocycles. The lowest BCUT2D eigenvalue weighted by Crippen LogP contribution is -2.43. The third kappa shape index (κ3) is 5.82. The lowest BCUT2D eigenvalue weighted by molar-refractivity contribution is -0.121. The van der Waals surface area contributed by atoms with Crippen LogP contribution in [0.1, 0.15) is 16.9 Å². The first-order chi connectivity index (χ1) is 11.9. The molecule has 10 heteroatoms. The van der Waals surface area contributed by atoms with Gasteiger partial charge in [-0.1, -0.05) is 17.7 Å².